The number of nitrogens with zero attached hydrogens (tertiary/aromatic N) is 1. The second kappa shape index (κ2) is 6.42. The van der Waals surface area contributed by atoms with Crippen LogP contribution in [0.3, 0.4) is 0 Å². The summed E-state index contributed by atoms with van der Waals surface area (Å²) < 4.78 is 15.6. The molecule has 0 aliphatic carbocycles. The zero-order chi connectivity index (χ0) is 14.5. The Morgan fingerprint density at radius 1 is 1.25 bits per heavy atom. The lowest BCUT2D eigenvalue weighted by Crippen LogP contribution is -2.28. The lowest BCUT2D eigenvalue weighted by atomic mass is 10.1. The minimum absolute atomic E-state index is 0.0193. The molecule has 1 aliphatic rings. The second-order valence-corrected chi connectivity index (χ2v) is 4.51. The highest BCUT2D eigenvalue weighted by Gasteiger charge is 2.22. The van der Waals surface area contributed by atoms with Crippen LogP contribution in [0.5, 0.6) is 11.5 Å². The van der Waals surface area contributed by atoms with Gasteiger partial charge in [0.25, 0.3) is 5.69 Å². The highest BCUT2D eigenvalue weighted by Crippen LogP contribution is 2.38. The number of rotatable bonds is 5. The molecule has 0 amide bonds. The number of ether oxygens (including phenoxy) is 3. The van der Waals surface area contributed by atoms with Crippen molar-refractivity contribution in [2.45, 2.75) is 18.9 Å². The van der Waals surface area contributed by atoms with E-state index < -0.39 is 4.92 Å². The predicted molar refractivity (Wildman–Crippen MR) is 73.7 cm³/mol. The van der Waals surface area contributed by atoms with Crippen molar-refractivity contribution in [1.29, 1.82) is 0 Å². The minimum Gasteiger partial charge on any atom is -0.493 e. The highest BCUT2D eigenvalue weighted by molar-refractivity contribution is 5.68. The molecule has 1 N–H and O–H groups in total. The Labute approximate surface area is 117 Å². The first-order chi connectivity index (χ1) is 9.65. The van der Waals surface area contributed by atoms with E-state index in [1.165, 1.54) is 20.3 Å². The molecule has 1 aromatic rings. The maximum atomic E-state index is 11.2. The van der Waals surface area contributed by atoms with Gasteiger partial charge in [0.15, 0.2) is 11.5 Å². The zero-order valence-electron chi connectivity index (χ0n) is 11.5. The van der Waals surface area contributed by atoms with Crippen LogP contribution in [-0.2, 0) is 4.74 Å². The second-order valence-electron chi connectivity index (χ2n) is 4.51. The van der Waals surface area contributed by atoms with Gasteiger partial charge in [-0.1, -0.05) is 0 Å². The molecule has 0 atom stereocenters. The fraction of sp³-hybridized carbons (Fsp3) is 0.538. The first kappa shape index (κ1) is 14.4. The van der Waals surface area contributed by atoms with Crippen LogP contribution in [0.4, 0.5) is 11.4 Å². The largest absolute Gasteiger partial charge is 0.493 e. The van der Waals surface area contributed by atoms with E-state index in [-0.39, 0.29) is 11.7 Å². The van der Waals surface area contributed by atoms with E-state index in [9.17, 15) is 10.1 Å². The molecule has 0 saturated carbocycles. The van der Waals surface area contributed by atoms with E-state index >= 15 is 0 Å². The summed E-state index contributed by atoms with van der Waals surface area (Å²) in [6, 6.07) is 3.15. The molecule has 0 spiro atoms. The number of benzene rings is 1. The molecule has 1 saturated heterocycles. The fourth-order valence-corrected chi connectivity index (χ4v) is 2.20. The smallest absolute Gasteiger partial charge is 0.296 e. The number of nitro benzene ring substituents is 1. The van der Waals surface area contributed by atoms with Crippen molar-refractivity contribution in [1.82, 2.24) is 0 Å². The fourth-order valence-electron chi connectivity index (χ4n) is 2.20. The maximum Gasteiger partial charge on any atom is 0.296 e. The van der Waals surface area contributed by atoms with Gasteiger partial charge >= 0.3 is 0 Å². The molecule has 1 aliphatic heterocycles. The van der Waals surface area contributed by atoms with Crippen LogP contribution < -0.4 is 14.8 Å². The molecular weight excluding hydrogens is 264 g/mol. The topological polar surface area (TPSA) is 82.9 Å². The molecule has 0 bridgehead atoms. The molecule has 7 heteroatoms. The van der Waals surface area contributed by atoms with E-state index in [1.807, 2.05) is 0 Å². The van der Waals surface area contributed by atoms with E-state index in [0.717, 1.165) is 12.8 Å². The Balaban J connectivity index is 2.30. The van der Waals surface area contributed by atoms with Gasteiger partial charge in [0, 0.05) is 25.3 Å². The number of anilines is 1. The molecule has 0 unspecified atom stereocenters. The SMILES string of the molecule is COc1cc(NC2CCOCC2)c([N+](=O)[O-])cc1OC. The molecule has 2 rings (SSSR count). The van der Waals surface area contributed by atoms with Gasteiger partial charge in [-0.3, -0.25) is 10.1 Å². The third kappa shape index (κ3) is 3.11. The summed E-state index contributed by atoms with van der Waals surface area (Å²) in [6.07, 6.45) is 1.65. The third-order valence-corrected chi connectivity index (χ3v) is 3.28. The number of nitrogens with one attached hydrogen (secondary N) is 1. The average molecular weight is 282 g/mol. The van der Waals surface area contributed by atoms with Crippen LogP contribution in [0, 0.1) is 10.1 Å². The Kier molecular flexibility index (Phi) is 4.62. The van der Waals surface area contributed by atoms with Gasteiger partial charge in [-0.15, -0.1) is 0 Å². The normalized spacial score (nSPS) is 15.7. The van der Waals surface area contributed by atoms with Crippen molar-refractivity contribution >= 4 is 11.4 Å². The summed E-state index contributed by atoms with van der Waals surface area (Å²) in [7, 11) is 2.95. The molecule has 0 radical (unpaired) electrons. The van der Waals surface area contributed by atoms with Gasteiger partial charge < -0.3 is 19.5 Å². The summed E-state index contributed by atoms with van der Waals surface area (Å²) >= 11 is 0. The molecule has 1 heterocycles. The summed E-state index contributed by atoms with van der Waals surface area (Å²) in [4.78, 5) is 10.7. The van der Waals surface area contributed by atoms with E-state index in [2.05, 4.69) is 5.32 Å². The lowest BCUT2D eigenvalue weighted by Gasteiger charge is -2.24. The Hall–Kier alpha value is -2.02. The molecule has 7 nitrogen and oxygen atoms in total. The predicted octanol–water partition coefficient (Wildman–Crippen LogP) is 2.20. The maximum absolute atomic E-state index is 11.2. The van der Waals surface area contributed by atoms with Crippen molar-refractivity contribution in [3.8, 4) is 11.5 Å². The number of hydrogen-bond acceptors (Lipinski definition) is 6. The minimum atomic E-state index is -0.427. The van der Waals surface area contributed by atoms with E-state index in [1.54, 1.807) is 6.07 Å². The number of hydrogen-bond donors (Lipinski definition) is 1. The molecule has 110 valence electrons. The average Bonchev–Trinajstić information content (AvgIpc) is 2.47. The van der Waals surface area contributed by atoms with Crippen molar-refractivity contribution < 1.29 is 19.1 Å². The number of nitro groups is 1. The van der Waals surface area contributed by atoms with Crippen molar-refractivity contribution in [3.05, 3.63) is 22.2 Å². The van der Waals surface area contributed by atoms with Crippen LogP contribution >= 0.6 is 0 Å². The Morgan fingerprint density at radius 2 is 1.85 bits per heavy atom. The van der Waals surface area contributed by atoms with Gasteiger partial charge in [0.1, 0.15) is 5.69 Å². The van der Waals surface area contributed by atoms with Crippen LogP contribution in [-0.4, -0.2) is 38.4 Å². The standard InChI is InChI=1S/C13H18N2O5/c1-18-12-7-10(14-9-3-5-20-6-4-9)11(15(16)17)8-13(12)19-2/h7-9,14H,3-6H2,1-2H3. The van der Waals surface area contributed by atoms with Gasteiger partial charge in [0.2, 0.25) is 0 Å². The summed E-state index contributed by atoms with van der Waals surface area (Å²) in [5, 5.41) is 14.4. The summed E-state index contributed by atoms with van der Waals surface area (Å²) in [5.74, 6) is 0.810. The first-order valence-corrected chi connectivity index (χ1v) is 6.40. The molecule has 1 aromatic carbocycles. The summed E-state index contributed by atoms with van der Waals surface area (Å²) in [6.45, 7) is 1.33. The summed E-state index contributed by atoms with van der Waals surface area (Å²) in [5.41, 5.74) is 0.425. The van der Waals surface area contributed by atoms with Gasteiger partial charge in [-0.05, 0) is 12.8 Å². The molecule has 20 heavy (non-hydrogen) atoms. The third-order valence-electron chi connectivity index (χ3n) is 3.28. The Morgan fingerprint density at radius 3 is 2.40 bits per heavy atom. The van der Waals surface area contributed by atoms with Crippen molar-refractivity contribution in [2.24, 2.45) is 0 Å². The van der Waals surface area contributed by atoms with Crippen LogP contribution in [0.25, 0.3) is 0 Å². The van der Waals surface area contributed by atoms with Gasteiger partial charge in [0.05, 0.1) is 25.2 Å². The van der Waals surface area contributed by atoms with Crippen molar-refractivity contribution in [3.63, 3.8) is 0 Å². The zero-order valence-corrected chi connectivity index (χ0v) is 11.5. The van der Waals surface area contributed by atoms with Crippen LogP contribution in [0.15, 0.2) is 12.1 Å². The van der Waals surface area contributed by atoms with Gasteiger partial charge in [-0.2, -0.15) is 0 Å². The van der Waals surface area contributed by atoms with Gasteiger partial charge in [-0.25, -0.2) is 0 Å². The van der Waals surface area contributed by atoms with Crippen molar-refractivity contribution in [2.75, 3.05) is 32.8 Å². The first-order valence-electron chi connectivity index (χ1n) is 6.40. The van der Waals surface area contributed by atoms with E-state index in [4.69, 9.17) is 14.2 Å². The van der Waals surface area contributed by atoms with E-state index in [0.29, 0.717) is 30.4 Å². The number of methoxy groups -OCH3 is 2. The molecule has 1 fully saturated rings. The molecule has 0 aromatic heterocycles. The Bertz CT molecular complexity index is 486. The quantitative estimate of drug-likeness (QED) is 0.658. The monoisotopic (exact) mass is 282 g/mol. The van der Waals surface area contributed by atoms with Crippen LogP contribution in [0.1, 0.15) is 12.8 Å². The van der Waals surface area contributed by atoms with Crippen LogP contribution in [0.2, 0.25) is 0 Å². The molecular formula is C13H18N2O5. The highest BCUT2D eigenvalue weighted by atomic mass is 16.6. The lowest BCUT2D eigenvalue weighted by molar-refractivity contribution is -0.384.